The van der Waals surface area contributed by atoms with Crippen LogP contribution in [0.4, 0.5) is 0 Å². The molecule has 2 rings (SSSR count). The van der Waals surface area contributed by atoms with Gasteiger partial charge >= 0.3 is 0 Å². The van der Waals surface area contributed by atoms with Crippen molar-refractivity contribution >= 4 is 5.91 Å². The molecule has 1 aliphatic heterocycles. The fourth-order valence-corrected chi connectivity index (χ4v) is 2.92. The summed E-state index contributed by atoms with van der Waals surface area (Å²) in [6, 6.07) is 0. The van der Waals surface area contributed by atoms with Gasteiger partial charge in [0.25, 0.3) is 0 Å². The van der Waals surface area contributed by atoms with Gasteiger partial charge in [-0.15, -0.1) is 0 Å². The summed E-state index contributed by atoms with van der Waals surface area (Å²) in [4.78, 5) is 11.8. The molecule has 0 aromatic heterocycles. The van der Waals surface area contributed by atoms with E-state index in [2.05, 4.69) is 17.6 Å². The quantitative estimate of drug-likeness (QED) is 0.687. The second-order valence-electron chi connectivity index (χ2n) is 6.14. The minimum atomic E-state index is -0.606. The third-order valence-electron chi connectivity index (χ3n) is 4.55. The van der Waals surface area contributed by atoms with Gasteiger partial charge in [0, 0.05) is 13.0 Å². The number of nitrogens with one attached hydrogen (secondary N) is 2. The number of rotatable bonds is 5. The van der Waals surface area contributed by atoms with E-state index >= 15 is 0 Å². The summed E-state index contributed by atoms with van der Waals surface area (Å²) < 4.78 is 0. The molecule has 2 aliphatic rings. The van der Waals surface area contributed by atoms with Crippen molar-refractivity contribution in [3.63, 3.8) is 0 Å². The zero-order valence-electron chi connectivity index (χ0n) is 11.4. The SMILES string of the molecule is CC(CC(=O)NCC1(O)CCC1)C1CCCNC1. The topological polar surface area (TPSA) is 61.4 Å². The molecule has 4 nitrogen and oxygen atoms in total. The highest BCUT2D eigenvalue weighted by atomic mass is 16.3. The average Bonchev–Trinajstić information content (AvgIpc) is 2.35. The number of carbonyl (C=O) groups excluding carboxylic acids is 1. The summed E-state index contributed by atoms with van der Waals surface area (Å²) in [7, 11) is 0. The van der Waals surface area contributed by atoms with Gasteiger partial charge in [0.05, 0.1) is 5.60 Å². The third kappa shape index (κ3) is 3.69. The molecule has 1 amide bonds. The Hall–Kier alpha value is -0.610. The van der Waals surface area contributed by atoms with Gasteiger partial charge < -0.3 is 15.7 Å². The van der Waals surface area contributed by atoms with Crippen LogP contribution in [0.3, 0.4) is 0 Å². The summed E-state index contributed by atoms with van der Waals surface area (Å²) in [5.74, 6) is 1.14. The van der Waals surface area contributed by atoms with Gasteiger partial charge in [0.2, 0.25) is 5.91 Å². The molecular formula is C14H26N2O2. The van der Waals surface area contributed by atoms with E-state index < -0.39 is 5.60 Å². The predicted octanol–water partition coefficient (Wildman–Crippen LogP) is 1.04. The molecular weight excluding hydrogens is 228 g/mol. The van der Waals surface area contributed by atoms with Crippen LogP contribution in [0.25, 0.3) is 0 Å². The number of piperidine rings is 1. The average molecular weight is 254 g/mol. The van der Waals surface area contributed by atoms with Crippen molar-refractivity contribution < 1.29 is 9.90 Å². The van der Waals surface area contributed by atoms with Crippen LogP contribution >= 0.6 is 0 Å². The Balaban J connectivity index is 1.66. The highest BCUT2D eigenvalue weighted by Gasteiger charge is 2.34. The lowest BCUT2D eigenvalue weighted by Crippen LogP contribution is -2.48. The van der Waals surface area contributed by atoms with Crippen molar-refractivity contribution in [1.82, 2.24) is 10.6 Å². The Labute approximate surface area is 110 Å². The first-order chi connectivity index (χ1) is 8.59. The molecule has 0 aromatic rings. The van der Waals surface area contributed by atoms with E-state index in [1.165, 1.54) is 12.8 Å². The molecule has 3 N–H and O–H groups in total. The minimum Gasteiger partial charge on any atom is -0.388 e. The Morgan fingerprint density at radius 3 is 2.83 bits per heavy atom. The van der Waals surface area contributed by atoms with Crippen LogP contribution < -0.4 is 10.6 Å². The van der Waals surface area contributed by atoms with Crippen molar-refractivity contribution in [3.8, 4) is 0 Å². The Morgan fingerprint density at radius 1 is 1.50 bits per heavy atom. The summed E-state index contributed by atoms with van der Waals surface area (Å²) in [5.41, 5.74) is -0.606. The largest absolute Gasteiger partial charge is 0.388 e. The van der Waals surface area contributed by atoms with Crippen molar-refractivity contribution in [2.45, 2.75) is 51.0 Å². The van der Waals surface area contributed by atoms with E-state index in [0.29, 0.717) is 24.8 Å². The number of amides is 1. The predicted molar refractivity (Wildman–Crippen MR) is 71.2 cm³/mol. The highest BCUT2D eigenvalue weighted by molar-refractivity contribution is 5.76. The van der Waals surface area contributed by atoms with Gasteiger partial charge in [0.15, 0.2) is 0 Å². The smallest absolute Gasteiger partial charge is 0.220 e. The van der Waals surface area contributed by atoms with Crippen LogP contribution in [0.15, 0.2) is 0 Å². The number of aliphatic hydroxyl groups is 1. The zero-order valence-corrected chi connectivity index (χ0v) is 11.4. The van der Waals surface area contributed by atoms with Gasteiger partial charge in [-0.25, -0.2) is 0 Å². The Bertz CT molecular complexity index is 284. The molecule has 1 saturated heterocycles. The third-order valence-corrected chi connectivity index (χ3v) is 4.55. The lowest BCUT2D eigenvalue weighted by Gasteiger charge is -2.36. The molecule has 0 aromatic carbocycles. The van der Waals surface area contributed by atoms with Gasteiger partial charge in [-0.05, 0) is 57.0 Å². The standard InChI is InChI=1S/C14H26N2O2/c1-11(12-4-2-7-15-9-12)8-13(17)16-10-14(18)5-3-6-14/h11-12,15,18H,2-10H2,1H3,(H,16,17). The number of carbonyl (C=O) groups is 1. The fourth-order valence-electron chi connectivity index (χ4n) is 2.92. The molecule has 18 heavy (non-hydrogen) atoms. The van der Waals surface area contributed by atoms with Crippen LogP contribution in [0.1, 0.15) is 45.4 Å². The van der Waals surface area contributed by atoms with Crippen LogP contribution in [0.2, 0.25) is 0 Å². The Morgan fingerprint density at radius 2 is 2.28 bits per heavy atom. The molecule has 2 unspecified atom stereocenters. The first-order valence-corrected chi connectivity index (χ1v) is 7.29. The molecule has 1 saturated carbocycles. The van der Waals surface area contributed by atoms with Gasteiger partial charge in [-0.3, -0.25) is 4.79 Å². The summed E-state index contributed by atoms with van der Waals surface area (Å²) in [6.45, 7) is 4.75. The maximum absolute atomic E-state index is 11.8. The molecule has 0 spiro atoms. The summed E-state index contributed by atoms with van der Waals surface area (Å²) >= 11 is 0. The van der Waals surface area contributed by atoms with Crippen LogP contribution in [-0.2, 0) is 4.79 Å². The molecule has 104 valence electrons. The van der Waals surface area contributed by atoms with E-state index in [1.807, 2.05) is 0 Å². The molecule has 4 heteroatoms. The maximum Gasteiger partial charge on any atom is 0.220 e. The van der Waals surface area contributed by atoms with Gasteiger partial charge in [-0.1, -0.05) is 6.92 Å². The summed E-state index contributed by atoms with van der Waals surface area (Å²) in [5, 5.41) is 16.2. The fraction of sp³-hybridized carbons (Fsp3) is 0.929. The first kappa shape index (κ1) is 13.8. The number of hydrogen-bond acceptors (Lipinski definition) is 3. The van der Waals surface area contributed by atoms with Gasteiger partial charge in [0.1, 0.15) is 0 Å². The van der Waals surface area contributed by atoms with E-state index in [0.717, 1.165) is 32.4 Å². The second-order valence-corrected chi connectivity index (χ2v) is 6.14. The lowest BCUT2D eigenvalue weighted by molar-refractivity contribution is -0.124. The molecule has 1 aliphatic carbocycles. The molecule has 0 radical (unpaired) electrons. The zero-order chi connectivity index (χ0) is 13.0. The van der Waals surface area contributed by atoms with E-state index in [4.69, 9.17) is 0 Å². The van der Waals surface area contributed by atoms with Crippen molar-refractivity contribution in [2.75, 3.05) is 19.6 Å². The van der Waals surface area contributed by atoms with Gasteiger partial charge in [-0.2, -0.15) is 0 Å². The normalized spacial score (nSPS) is 28.2. The Kier molecular flexibility index (Phi) is 4.62. The molecule has 1 heterocycles. The van der Waals surface area contributed by atoms with E-state index in [9.17, 15) is 9.90 Å². The van der Waals surface area contributed by atoms with Crippen LogP contribution in [0, 0.1) is 11.8 Å². The molecule has 0 bridgehead atoms. The lowest BCUT2D eigenvalue weighted by atomic mass is 9.80. The van der Waals surface area contributed by atoms with Crippen molar-refractivity contribution in [1.29, 1.82) is 0 Å². The minimum absolute atomic E-state index is 0.0911. The van der Waals surface area contributed by atoms with Crippen molar-refractivity contribution in [2.24, 2.45) is 11.8 Å². The summed E-state index contributed by atoms with van der Waals surface area (Å²) in [6.07, 6.45) is 5.77. The van der Waals surface area contributed by atoms with Crippen LogP contribution in [0.5, 0.6) is 0 Å². The molecule has 2 atom stereocenters. The maximum atomic E-state index is 11.8. The molecule has 2 fully saturated rings. The van der Waals surface area contributed by atoms with Crippen LogP contribution in [-0.4, -0.2) is 36.2 Å². The highest BCUT2D eigenvalue weighted by Crippen LogP contribution is 2.30. The van der Waals surface area contributed by atoms with E-state index in [1.54, 1.807) is 0 Å². The first-order valence-electron chi connectivity index (χ1n) is 7.29. The second kappa shape index (κ2) is 6.02. The number of hydrogen-bond donors (Lipinski definition) is 3. The monoisotopic (exact) mass is 254 g/mol. The van der Waals surface area contributed by atoms with E-state index in [-0.39, 0.29) is 5.91 Å². The van der Waals surface area contributed by atoms with Crippen molar-refractivity contribution in [3.05, 3.63) is 0 Å².